The highest BCUT2D eigenvalue weighted by atomic mass is 16.6. The number of rotatable bonds is 5. The smallest absolute Gasteiger partial charge is 0.316 e. The zero-order valence-corrected chi connectivity index (χ0v) is 10.3. The number of nitrogens with zero attached hydrogens (tertiary/aromatic N) is 2. The van der Waals surface area contributed by atoms with E-state index in [2.05, 4.69) is 0 Å². The molecule has 1 rings (SSSR count). The fraction of sp³-hybridized carbons (Fsp3) is 0.231. The van der Waals surface area contributed by atoms with Gasteiger partial charge in [0.25, 0.3) is 5.69 Å². The number of ether oxygens (including phenoxy) is 1. The van der Waals surface area contributed by atoms with Crippen molar-refractivity contribution in [2.75, 3.05) is 0 Å². The summed E-state index contributed by atoms with van der Waals surface area (Å²) in [7, 11) is 0. The first kappa shape index (κ1) is 14.4. The van der Waals surface area contributed by atoms with Crippen molar-refractivity contribution in [3.05, 3.63) is 51.8 Å². The van der Waals surface area contributed by atoms with Gasteiger partial charge in [0.05, 0.1) is 11.3 Å². The fourth-order valence-electron chi connectivity index (χ4n) is 1.36. The van der Waals surface area contributed by atoms with E-state index >= 15 is 0 Å². The van der Waals surface area contributed by atoms with Crippen molar-refractivity contribution in [1.29, 1.82) is 5.26 Å². The lowest BCUT2D eigenvalue weighted by Gasteiger charge is -2.02. The Balaban J connectivity index is 2.65. The number of non-ortho nitro benzene ring substituents is 1. The first-order valence-corrected chi connectivity index (χ1v) is 5.61. The van der Waals surface area contributed by atoms with E-state index in [9.17, 15) is 14.9 Å². The third-order valence-corrected chi connectivity index (χ3v) is 2.22. The van der Waals surface area contributed by atoms with Crippen LogP contribution in [0.25, 0.3) is 0 Å². The normalized spacial score (nSPS) is 10.6. The van der Waals surface area contributed by atoms with Crippen LogP contribution in [-0.2, 0) is 16.0 Å². The second-order valence-electron chi connectivity index (χ2n) is 3.66. The van der Waals surface area contributed by atoms with Crippen LogP contribution in [0.5, 0.6) is 0 Å². The molecule has 0 saturated carbocycles. The van der Waals surface area contributed by atoms with Gasteiger partial charge < -0.3 is 4.74 Å². The second kappa shape index (κ2) is 6.91. The molecule has 0 aliphatic carbocycles. The minimum absolute atomic E-state index is 0.0330. The van der Waals surface area contributed by atoms with Gasteiger partial charge in [-0.1, -0.05) is 19.1 Å². The molecule has 6 nitrogen and oxygen atoms in total. The van der Waals surface area contributed by atoms with Crippen molar-refractivity contribution in [1.82, 2.24) is 0 Å². The summed E-state index contributed by atoms with van der Waals surface area (Å²) in [6.45, 7) is 1.82. The van der Waals surface area contributed by atoms with Gasteiger partial charge in [0.2, 0.25) is 5.76 Å². The van der Waals surface area contributed by atoms with E-state index in [-0.39, 0.29) is 17.9 Å². The number of nitro groups is 1. The Morgan fingerprint density at radius 3 is 2.58 bits per heavy atom. The quantitative estimate of drug-likeness (QED) is 0.266. The number of allylic oxidation sites excluding steroid dienone is 2. The number of nitriles is 1. The van der Waals surface area contributed by atoms with Gasteiger partial charge in [0, 0.05) is 12.1 Å². The zero-order chi connectivity index (χ0) is 14.3. The first-order chi connectivity index (χ1) is 9.06. The summed E-state index contributed by atoms with van der Waals surface area (Å²) < 4.78 is 4.85. The summed E-state index contributed by atoms with van der Waals surface area (Å²) in [5, 5.41) is 19.2. The van der Waals surface area contributed by atoms with Crippen LogP contribution in [0.15, 0.2) is 36.1 Å². The van der Waals surface area contributed by atoms with E-state index in [0.29, 0.717) is 12.0 Å². The summed E-state index contributed by atoms with van der Waals surface area (Å²) in [5.41, 5.74) is 0.546. The zero-order valence-electron chi connectivity index (χ0n) is 10.3. The molecule has 19 heavy (non-hydrogen) atoms. The minimum atomic E-state index is -0.574. The largest absolute Gasteiger partial charge is 0.415 e. The predicted octanol–water partition coefficient (Wildman–Crippen LogP) is 2.50. The number of nitro benzene ring substituents is 1. The van der Waals surface area contributed by atoms with Crippen LogP contribution < -0.4 is 0 Å². The maximum absolute atomic E-state index is 11.5. The van der Waals surface area contributed by atoms with Crippen LogP contribution in [0.4, 0.5) is 5.69 Å². The van der Waals surface area contributed by atoms with Gasteiger partial charge in [0.15, 0.2) is 0 Å². The molecule has 1 aromatic rings. The van der Waals surface area contributed by atoms with Crippen molar-refractivity contribution in [3.8, 4) is 6.07 Å². The van der Waals surface area contributed by atoms with Gasteiger partial charge in [-0.05, 0) is 18.1 Å². The Morgan fingerprint density at radius 2 is 2.11 bits per heavy atom. The summed E-state index contributed by atoms with van der Waals surface area (Å²) >= 11 is 0. The van der Waals surface area contributed by atoms with Crippen LogP contribution in [0.1, 0.15) is 18.9 Å². The van der Waals surface area contributed by atoms with Gasteiger partial charge in [-0.3, -0.25) is 14.9 Å². The molecular weight excluding hydrogens is 248 g/mol. The topological polar surface area (TPSA) is 93.2 Å². The molecule has 0 aromatic heterocycles. The molecule has 0 aliphatic heterocycles. The van der Waals surface area contributed by atoms with Gasteiger partial charge in [-0.2, -0.15) is 5.26 Å². The molecule has 98 valence electrons. The maximum Gasteiger partial charge on any atom is 0.316 e. The SMILES string of the molecule is CCC=C(C#N)OC(=O)Cc1ccc([N+](=O)[O-])cc1. The van der Waals surface area contributed by atoms with E-state index < -0.39 is 10.9 Å². The summed E-state index contributed by atoms with van der Waals surface area (Å²) in [5.74, 6) is -0.607. The highest BCUT2D eigenvalue weighted by molar-refractivity contribution is 5.74. The maximum atomic E-state index is 11.5. The minimum Gasteiger partial charge on any atom is -0.415 e. The summed E-state index contributed by atoms with van der Waals surface area (Å²) in [6.07, 6.45) is 2.06. The third kappa shape index (κ3) is 4.60. The second-order valence-corrected chi connectivity index (χ2v) is 3.66. The van der Waals surface area contributed by atoms with Crippen LogP contribution in [0.2, 0.25) is 0 Å². The van der Waals surface area contributed by atoms with E-state index in [1.54, 1.807) is 6.07 Å². The lowest BCUT2D eigenvalue weighted by atomic mass is 10.1. The van der Waals surface area contributed by atoms with Gasteiger partial charge in [-0.15, -0.1) is 0 Å². The van der Waals surface area contributed by atoms with Gasteiger partial charge in [0.1, 0.15) is 6.07 Å². The number of carbonyl (C=O) groups is 1. The van der Waals surface area contributed by atoms with E-state index in [1.807, 2.05) is 6.92 Å². The van der Waals surface area contributed by atoms with Crippen molar-refractivity contribution in [3.63, 3.8) is 0 Å². The molecule has 6 heteroatoms. The predicted molar refractivity (Wildman–Crippen MR) is 66.9 cm³/mol. The molecule has 0 amide bonds. The Labute approximate surface area is 110 Å². The number of hydrogen-bond donors (Lipinski definition) is 0. The van der Waals surface area contributed by atoms with E-state index in [4.69, 9.17) is 10.00 Å². The molecule has 1 aromatic carbocycles. The summed E-state index contributed by atoms with van der Waals surface area (Å²) in [4.78, 5) is 21.5. The molecule has 0 fully saturated rings. The number of carbonyl (C=O) groups excluding carboxylic acids is 1. The van der Waals surface area contributed by atoms with Crippen LogP contribution in [0, 0.1) is 21.4 Å². The number of hydrogen-bond acceptors (Lipinski definition) is 5. The molecule has 0 aliphatic rings. The van der Waals surface area contributed by atoms with Crippen molar-refractivity contribution < 1.29 is 14.5 Å². The molecule has 0 atom stereocenters. The van der Waals surface area contributed by atoms with Crippen LogP contribution in [-0.4, -0.2) is 10.9 Å². The first-order valence-electron chi connectivity index (χ1n) is 5.61. The lowest BCUT2D eigenvalue weighted by molar-refractivity contribution is -0.384. The van der Waals surface area contributed by atoms with Crippen molar-refractivity contribution in [2.45, 2.75) is 19.8 Å². The molecular formula is C13H12N2O4. The Hall–Kier alpha value is -2.68. The van der Waals surface area contributed by atoms with E-state index in [1.165, 1.54) is 30.3 Å². The van der Waals surface area contributed by atoms with Crippen molar-refractivity contribution >= 4 is 11.7 Å². The van der Waals surface area contributed by atoms with Crippen LogP contribution >= 0.6 is 0 Å². The highest BCUT2D eigenvalue weighted by Crippen LogP contribution is 2.13. The number of benzene rings is 1. The van der Waals surface area contributed by atoms with Gasteiger partial charge in [-0.25, -0.2) is 0 Å². The summed E-state index contributed by atoms with van der Waals surface area (Å²) in [6, 6.07) is 7.37. The van der Waals surface area contributed by atoms with Crippen LogP contribution in [0.3, 0.4) is 0 Å². The molecule has 0 spiro atoms. The standard InChI is InChI=1S/C13H12N2O4/c1-2-3-12(9-14)19-13(16)8-10-4-6-11(7-5-10)15(17)18/h3-7H,2,8H2,1H3. The molecule has 0 N–H and O–H groups in total. The molecule has 0 heterocycles. The number of esters is 1. The molecule has 0 radical (unpaired) electrons. The van der Waals surface area contributed by atoms with E-state index in [0.717, 1.165) is 0 Å². The molecule has 0 saturated heterocycles. The average molecular weight is 260 g/mol. The Bertz CT molecular complexity index is 541. The monoisotopic (exact) mass is 260 g/mol. The fourth-order valence-corrected chi connectivity index (χ4v) is 1.36. The lowest BCUT2D eigenvalue weighted by Crippen LogP contribution is -2.07. The Kier molecular flexibility index (Phi) is 5.23. The molecule has 0 unspecified atom stereocenters. The Morgan fingerprint density at radius 1 is 1.47 bits per heavy atom. The van der Waals surface area contributed by atoms with Crippen molar-refractivity contribution in [2.24, 2.45) is 0 Å². The highest BCUT2D eigenvalue weighted by Gasteiger charge is 2.10. The molecule has 0 bridgehead atoms. The third-order valence-electron chi connectivity index (χ3n) is 2.22. The van der Waals surface area contributed by atoms with Gasteiger partial charge >= 0.3 is 5.97 Å². The average Bonchev–Trinajstić information content (AvgIpc) is 2.38.